The van der Waals surface area contributed by atoms with Crippen molar-refractivity contribution in [1.82, 2.24) is 8.75 Å². The van der Waals surface area contributed by atoms with Gasteiger partial charge < -0.3 is 0 Å². The zero-order valence-electron chi connectivity index (χ0n) is 20.4. The van der Waals surface area contributed by atoms with Crippen LogP contribution in [-0.4, -0.2) is 23.1 Å². The maximum atomic E-state index is 11.5. The Bertz CT molecular complexity index is 1330. The quantitative estimate of drug-likeness (QED) is 0.0924. The zero-order valence-corrected chi connectivity index (χ0v) is 25.4. The molecule has 4 aromatic rings. The molecule has 184 valence electrons. The summed E-state index contributed by atoms with van der Waals surface area (Å²) in [6.45, 7) is 4.60. The van der Waals surface area contributed by atoms with Crippen LogP contribution >= 0.6 is 50.3 Å². The van der Waals surface area contributed by atoms with Gasteiger partial charge in [-0.15, -0.1) is 22.7 Å². The summed E-state index contributed by atoms with van der Waals surface area (Å²) < 4.78 is 10.4. The average Bonchev–Trinajstić information content (AvgIpc) is 3.64. The number of halogens is 1. The summed E-state index contributed by atoms with van der Waals surface area (Å²) in [5.74, 6) is 0. The summed E-state index contributed by atoms with van der Waals surface area (Å²) in [6.07, 6.45) is 11.4. The van der Waals surface area contributed by atoms with E-state index < -0.39 is 8.07 Å². The Labute approximate surface area is 229 Å². The van der Waals surface area contributed by atoms with Gasteiger partial charge in [-0.1, -0.05) is 87.2 Å². The van der Waals surface area contributed by atoms with Crippen LogP contribution in [0.1, 0.15) is 75.6 Å². The predicted molar refractivity (Wildman–Crippen MR) is 160 cm³/mol. The minimum atomic E-state index is -1.86. The molecule has 1 aromatic carbocycles. The molecule has 3 nitrogen and oxygen atoms in total. The second kappa shape index (κ2) is 11.0. The van der Waals surface area contributed by atoms with Gasteiger partial charge in [-0.25, -0.2) is 0 Å². The monoisotopic (exact) mass is 602 g/mol. The van der Waals surface area contributed by atoms with Crippen molar-refractivity contribution >= 4 is 86.1 Å². The molecule has 35 heavy (non-hydrogen) atoms. The van der Waals surface area contributed by atoms with Gasteiger partial charge in [0, 0.05) is 35.6 Å². The Kier molecular flexibility index (Phi) is 8.04. The number of hydrogen-bond donors (Lipinski definition) is 0. The van der Waals surface area contributed by atoms with E-state index >= 15 is 0 Å². The van der Waals surface area contributed by atoms with E-state index in [9.17, 15) is 4.79 Å². The van der Waals surface area contributed by atoms with Gasteiger partial charge in [0.2, 0.25) is 0 Å². The lowest BCUT2D eigenvalue weighted by Gasteiger charge is -2.29. The normalized spacial score (nSPS) is 13.9. The SMILES string of the molecule is CCCCCC[Si]1(CCCCCC)c2cc(-c3ccc(C=O)c4nsnc34)sc2-c2scc(Br)c21. The molecule has 8 heteroatoms. The summed E-state index contributed by atoms with van der Waals surface area (Å²) in [6, 6.07) is 9.19. The highest BCUT2D eigenvalue weighted by atomic mass is 79.9. The zero-order chi connectivity index (χ0) is 24.4. The summed E-state index contributed by atoms with van der Waals surface area (Å²) in [5, 5.41) is 5.66. The fourth-order valence-corrected chi connectivity index (χ4v) is 17.3. The first kappa shape index (κ1) is 25.5. The molecule has 4 heterocycles. The van der Waals surface area contributed by atoms with Gasteiger partial charge in [-0.2, -0.15) is 8.75 Å². The van der Waals surface area contributed by atoms with Gasteiger partial charge in [0.05, 0.1) is 11.7 Å². The minimum absolute atomic E-state index is 0.627. The number of fused-ring (bicyclic) bond motifs is 4. The molecule has 0 aliphatic carbocycles. The maximum absolute atomic E-state index is 11.5. The molecule has 0 amide bonds. The summed E-state index contributed by atoms with van der Waals surface area (Å²) in [7, 11) is -1.86. The summed E-state index contributed by atoms with van der Waals surface area (Å²) in [5.41, 5.74) is 3.35. The number of carbonyl (C=O) groups is 1. The van der Waals surface area contributed by atoms with E-state index in [0.29, 0.717) is 5.56 Å². The van der Waals surface area contributed by atoms with E-state index in [2.05, 4.69) is 56.0 Å². The van der Waals surface area contributed by atoms with Crippen molar-refractivity contribution in [3.63, 3.8) is 0 Å². The van der Waals surface area contributed by atoms with Crippen LogP contribution in [0.15, 0.2) is 28.1 Å². The van der Waals surface area contributed by atoms with Crippen LogP contribution in [0.3, 0.4) is 0 Å². The fourth-order valence-electron chi connectivity index (χ4n) is 5.66. The lowest BCUT2D eigenvalue weighted by molar-refractivity contribution is 0.112. The Morgan fingerprint density at radius 3 is 2.34 bits per heavy atom. The second-order valence-corrected chi connectivity index (χ2v) is 17.1. The first-order valence-corrected chi connectivity index (χ1v) is 18.4. The van der Waals surface area contributed by atoms with E-state index in [1.54, 1.807) is 10.4 Å². The fraction of sp³-hybridized carbons (Fsp3) is 0.444. The number of rotatable bonds is 12. The first-order chi connectivity index (χ1) is 17.1. The Morgan fingerprint density at radius 2 is 1.66 bits per heavy atom. The number of benzene rings is 1. The third-order valence-corrected chi connectivity index (χ3v) is 17.2. The molecule has 1 aliphatic rings. The lowest BCUT2D eigenvalue weighted by atomic mass is 10.1. The van der Waals surface area contributed by atoms with Crippen LogP contribution in [0.25, 0.3) is 31.2 Å². The molecule has 5 rings (SSSR count). The molecule has 0 saturated carbocycles. The molecule has 1 aliphatic heterocycles. The van der Waals surface area contributed by atoms with Crippen LogP contribution < -0.4 is 10.4 Å². The van der Waals surface area contributed by atoms with Crippen molar-refractivity contribution in [2.45, 2.75) is 77.3 Å². The molecular formula is C27H31BrN2OS3Si. The van der Waals surface area contributed by atoms with Gasteiger partial charge in [0.25, 0.3) is 0 Å². The Balaban J connectivity index is 1.61. The third kappa shape index (κ3) is 4.54. The van der Waals surface area contributed by atoms with Crippen molar-refractivity contribution < 1.29 is 4.79 Å². The van der Waals surface area contributed by atoms with E-state index in [4.69, 9.17) is 0 Å². The Hall–Kier alpha value is -1.19. The number of hydrogen-bond acceptors (Lipinski definition) is 6. The van der Waals surface area contributed by atoms with Gasteiger partial charge >= 0.3 is 0 Å². The molecule has 0 radical (unpaired) electrons. The maximum Gasteiger partial charge on any atom is 0.152 e. The van der Waals surface area contributed by atoms with Gasteiger partial charge in [0.15, 0.2) is 6.29 Å². The predicted octanol–water partition coefficient (Wildman–Crippen LogP) is 8.76. The number of thiophene rings is 2. The average molecular weight is 604 g/mol. The van der Waals surface area contributed by atoms with Crippen LogP contribution in [0.4, 0.5) is 0 Å². The molecule has 0 bridgehead atoms. The number of nitrogens with zero attached hydrogens (tertiary/aromatic N) is 2. The number of aromatic nitrogens is 2. The van der Waals surface area contributed by atoms with Gasteiger partial charge in [-0.3, -0.25) is 4.79 Å². The first-order valence-electron chi connectivity index (χ1n) is 12.8. The van der Waals surface area contributed by atoms with E-state index in [-0.39, 0.29) is 0 Å². The van der Waals surface area contributed by atoms with Crippen molar-refractivity contribution in [2.75, 3.05) is 0 Å². The van der Waals surface area contributed by atoms with E-state index in [1.165, 1.54) is 94.3 Å². The highest BCUT2D eigenvalue weighted by molar-refractivity contribution is 9.10. The van der Waals surface area contributed by atoms with Crippen molar-refractivity contribution in [3.8, 4) is 20.2 Å². The second-order valence-electron chi connectivity index (χ2n) is 9.63. The third-order valence-electron chi connectivity index (χ3n) is 7.43. The van der Waals surface area contributed by atoms with Gasteiger partial charge in [0.1, 0.15) is 19.1 Å². The van der Waals surface area contributed by atoms with E-state index in [0.717, 1.165) is 22.9 Å². The molecule has 0 saturated heterocycles. The largest absolute Gasteiger partial charge is 0.298 e. The topological polar surface area (TPSA) is 42.9 Å². The minimum Gasteiger partial charge on any atom is -0.298 e. The van der Waals surface area contributed by atoms with E-state index in [1.807, 2.05) is 28.7 Å². The molecule has 0 atom stereocenters. The van der Waals surface area contributed by atoms with Crippen molar-refractivity contribution in [3.05, 3.63) is 33.6 Å². The standard InChI is InChI=1S/C27H31BrN2OS3Si/c1-3-5-7-9-13-35(14-10-8-6-4-2)22-15-21(33-25(22)26-27(35)20(28)17-32-26)19-12-11-18(16-31)23-24(19)30-34-29-23/h11-12,15-17H,3-10,13-14H2,1-2H3. The van der Waals surface area contributed by atoms with Crippen LogP contribution in [0.5, 0.6) is 0 Å². The highest BCUT2D eigenvalue weighted by Gasteiger charge is 2.48. The molecule has 0 N–H and O–H groups in total. The lowest BCUT2D eigenvalue weighted by Crippen LogP contribution is -2.55. The molecular weight excluding hydrogens is 573 g/mol. The Morgan fingerprint density at radius 1 is 0.943 bits per heavy atom. The van der Waals surface area contributed by atoms with Crippen molar-refractivity contribution in [2.24, 2.45) is 0 Å². The smallest absolute Gasteiger partial charge is 0.152 e. The number of unbranched alkanes of at least 4 members (excludes halogenated alkanes) is 6. The van der Waals surface area contributed by atoms with Crippen LogP contribution in [-0.2, 0) is 0 Å². The van der Waals surface area contributed by atoms with Crippen molar-refractivity contribution in [1.29, 1.82) is 0 Å². The molecule has 0 unspecified atom stereocenters. The van der Waals surface area contributed by atoms with Crippen LogP contribution in [0.2, 0.25) is 12.1 Å². The molecule has 0 spiro atoms. The molecule has 3 aromatic heterocycles. The number of aldehydes is 1. The van der Waals surface area contributed by atoms with Gasteiger partial charge in [-0.05, 0) is 34.6 Å². The highest BCUT2D eigenvalue weighted by Crippen LogP contribution is 2.47. The number of carbonyl (C=O) groups excluding carboxylic acids is 1. The molecule has 0 fully saturated rings. The summed E-state index contributed by atoms with van der Waals surface area (Å²) >= 11 is 9.03. The summed E-state index contributed by atoms with van der Waals surface area (Å²) in [4.78, 5) is 15.8. The van der Waals surface area contributed by atoms with Crippen LogP contribution in [0, 0.1) is 0 Å².